The molecule has 8 heteroatoms. The molecule has 150 valence electrons. The molecule has 0 saturated carbocycles. The predicted octanol–water partition coefficient (Wildman–Crippen LogP) is 3.57. The van der Waals surface area contributed by atoms with E-state index in [1.165, 1.54) is 11.8 Å². The van der Waals surface area contributed by atoms with Crippen molar-refractivity contribution >= 4 is 35.0 Å². The lowest BCUT2D eigenvalue weighted by molar-refractivity contribution is -0.115. The van der Waals surface area contributed by atoms with E-state index in [1.807, 2.05) is 39.2 Å². The van der Waals surface area contributed by atoms with Crippen LogP contribution in [-0.2, 0) is 16.0 Å². The number of carbonyl (C=O) groups excluding carboxylic acids is 2. The molecule has 3 aromatic rings. The van der Waals surface area contributed by atoms with Crippen LogP contribution in [-0.4, -0.2) is 38.3 Å². The number of esters is 1. The summed E-state index contributed by atoms with van der Waals surface area (Å²) in [6.07, 6.45) is 5.24. The number of benzene rings is 1. The van der Waals surface area contributed by atoms with Gasteiger partial charge in [-0.3, -0.25) is 4.79 Å². The summed E-state index contributed by atoms with van der Waals surface area (Å²) in [6, 6.07) is 5.26. The highest BCUT2D eigenvalue weighted by Crippen LogP contribution is 2.36. The number of amides is 1. The SMILES string of the molecule is Cc1nn2cc(CCCOC(=O)c3ccc4c(c3)NC(=O)[C@@H](C)S4)cnc2c1C. The van der Waals surface area contributed by atoms with Crippen molar-refractivity contribution in [2.75, 3.05) is 11.9 Å². The number of aromatic nitrogens is 3. The summed E-state index contributed by atoms with van der Waals surface area (Å²) in [7, 11) is 0. The average molecular weight is 410 g/mol. The first kappa shape index (κ1) is 19.4. The van der Waals surface area contributed by atoms with Gasteiger partial charge in [0.05, 0.1) is 28.8 Å². The monoisotopic (exact) mass is 410 g/mol. The molecule has 0 fully saturated rings. The molecule has 0 aliphatic carbocycles. The summed E-state index contributed by atoms with van der Waals surface area (Å²) >= 11 is 1.49. The third kappa shape index (κ3) is 3.98. The van der Waals surface area contributed by atoms with Gasteiger partial charge in [0.25, 0.3) is 0 Å². The maximum absolute atomic E-state index is 12.3. The Kier molecular flexibility index (Phi) is 5.27. The van der Waals surface area contributed by atoms with Crippen molar-refractivity contribution in [1.82, 2.24) is 14.6 Å². The zero-order valence-electron chi connectivity index (χ0n) is 16.6. The summed E-state index contributed by atoms with van der Waals surface area (Å²) in [6.45, 7) is 6.14. The number of hydrogen-bond donors (Lipinski definition) is 1. The minimum Gasteiger partial charge on any atom is -0.462 e. The van der Waals surface area contributed by atoms with Crippen molar-refractivity contribution in [3.8, 4) is 0 Å². The third-order valence-corrected chi connectivity index (χ3v) is 6.16. The lowest BCUT2D eigenvalue weighted by atomic mass is 10.2. The number of fused-ring (bicyclic) bond motifs is 2. The van der Waals surface area contributed by atoms with Crippen LogP contribution in [0.4, 0.5) is 5.69 Å². The highest BCUT2D eigenvalue weighted by Gasteiger charge is 2.24. The van der Waals surface area contributed by atoms with Crippen LogP contribution in [0.2, 0.25) is 0 Å². The molecule has 29 heavy (non-hydrogen) atoms. The maximum Gasteiger partial charge on any atom is 0.338 e. The topological polar surface area (TPSA) is 85.6 Å². The second-order valence-electron chi connectivity index (χ2n) is 7.14. The van der Waals surface area contributed by atoms with E-state index in [0.29, 0.717) is 24.3 Å². The standard InChI is InChI=1S/C21H22N4O3S/c1-12-13(2)24-25-11-15(10-22-19(12)25)5-4-8-28-21(27)16-6-7-18-17(9-16)23-20(26)14(3)29-18/h6-7,9-11,14H,4-5,8H2,1-3H3,(H,23,26)/t14-/m1/s1. The molecule has 1 atom stereocenters. The molecule has 4 rings (SSSR count). The minimum absolute atomic E-state index is 0.0545. The van der Waals surface area contributed by atoms with Crippen LogP contribution in [0.1, 0.15) is 40.5 Å². The molecule has 0 bridgehead atoms. The normalized spacial score (nSPS) is 15.8. The molecule has 7 nitrogen and oxygen atoms in total. The fraction of sp³-hybridized carbons (Fsp3) is 0.333. The molecule has 0 spiro atoms. The first-order valence-electron chi connectivity index (χ1n) is 9.51. The number of ether oxygens (including phenoxy) is 1. The van der Waals surface area contributed by atoms with Gasteiger partial charge >= 0.3 is 5.97 Å². The van der Waals surface area contributed by atoms with Gasteiger partial charge < -0.3 is 10.1 Å². The Morgan fingerprint density at radius 2 is 2.17 bits per heavy atom. The summed E-state index contributed by atoms with van der Waals surface area (Å²) < 4.78 is 7.20. The Labute approximate surface area is 172 Å². The molecule has 0 unspecified atom stereocenters. The number of anilines is 1. The van der Waals surface area contributed by atoms with Crippen LogP contribution in [0, 0.1) is 13.8 Å². The highest BCUT2D eigenvalue weighted by atomic mass is 32.2. The Hall–Kier alpha value is -2.87. The molecule has 1 aliphatic heterocycles. The van der Waals surface area contributed by atoms with Crippen LogP contribution in [0.3, 0.4) is 0 Å². The van der Waals surface area contributed by atoms with Gasteiger partial charge in [-0.2, -0.15) is 5.10 Å². The fourth-order valence-electron chi connectivity index (χ4n) is 3.19. The van der Waals surface area contributed by atoms with Crippen molar-refractivity contribution < 1.29 is 14.3 Å². The number of aryl methyl sites for hydroxylation is 3. The number of carbonyl (C=O) groups is 2. The maximum atomic E-state index is 12.3. The molecule has 1 amide bonds. The van der Waals surface area contributed by atoms with E-state index in [-0.39, 0.29) is 11.2 Å². The average Bonchev–Trinajstić information content (AvgIpc) is 2.99. The second-order valence-corrected chi connectivity index (χ2v) is 8.52. The van der Waals surface area contributed by atoms with Crippen LogP contribution in [0.15, 0.2) is 35.5 Å². The quantitative estimate of drug-likeness (QED) is 0.511. The van der Waals surface area contributed by atoms with Crippen molar-refractivity contribution in [2.24, 2.45) is 0 Å². The van der Waals surface area contributed by atoms with Crippen molar-refractivity contribution in [1.29, 1.82) is 0 Å². The zero-order chi connectivity index (χ0) is 20.5. The van der Waals surface area contributed by atoms with Crippen molar-refractivity contribution in [2.45, 2.75) is 43.8 Å². The number of nitrogens with zero attached hydrogens (tertiary/aromatic N) is 3. The van der Waals surface area contributed by atoms with Gasteiger partial charge in [-0.25, -0.2) is 14.3 Å². The highest BCUT2D eigenvalue weighted by molar-refractivity contribution is 8.00. The summed E-state index contributed by atoms with van der Waals surface area (Å²) in [4.78, 5) is 29.6. The Morgan fingerprint density at radius 1 is 1.34 bits per heavy atom. The van der Waals surface area contributed by atoms with Crippen LogP contribution in [0.25, 0.3) is 5.65 Å². The smallest absolute Gasteiger partial charge is 0.338 e. The molecular formula is C21H22N4O3S. The van der Waals surface area contributed by atoms with Gasteiger partial charge in [0.2, 0.25) is 5.91 Å². The van der Waals surface area contributed by atoms with Crippen molar-refractivity contribution in [3.05, 3.63) is 53.0 Å². The van der Waals surface area contributed by atoms with Gasteiger partial charge in [-0.15, -0.1) is 11.8 Å². The van der Waals surface area contributed by atoms with E-state index in [1.54, 1.807) is 16.6 Å². The molecular weight excluding hydrogens is 388 g/mol. The Morgan fingerprint density at radius 3 is 3.00 bits per heavy atom. The van der Waals surface area contributed by atoms with Gasteiger partial charge in [0, 0.05) is 22.9 Å². The predicted molar refractivity (Wildman–Crippen MR) is 111 cm³/mol. The van der Waals surface area contributed by atoms with E-state index in [9.17, 15) is 9.59 Å². The van der Waals surface area contributed by atoms with E-state index in [2.05, 4.69) is 15.4 Å². The van der Waals surface area contributed by atoms with Gasteiger partial charge in [0.1, 0.15) is 0 Å². The second kappa shape index (κ2) is 7.87. The van der Waals surface area contributed by atoms with Crippen LogP contribution in [0.5, 0.6) is 0 Å². The summed E-state index contributed by atoms with van der Waals surface area (Å²) in [5.74, 6) is -0.446. The summed E-state index contributed by atoms with van der Waals surface area (Å²) in [5.41, 5.74) is 5.06. The lowest BCUT2D eigenvalue weighted by Crippen LogP contribution is -2.26. The fourth-order valence-corrected chi connectivity index (χ4v) is 4.12. The van der Waals surface area contributed by atoms with Crippen LogP contribution >= 0.6 is 11.8 Å². The number of thioether (sulfide) groups is 1. The molecule has 1 aromatic carbocycles. The third-order valence-electron chi connectivity index (χ3n) is 4.98. The minimum atomic E-state index is -0.391. The van der Waals surface area contributed by atoms with E-state index >= 15 is 0 Å². The zero-order valence-corrected chi connectivity index (χ0v) is 17.4. The van der Waals surface area contributed by atoms with Gasteiger partial charge in [-0.05, 0) is 57.4 Å². The lowest BCUT2D eigenvalue weighted by Gasteiger charge is -2.21. The van der Waals surface area contributed by atoms with E-state index in [0.717, 1.165) is 33.8 Å². The number of rotatable bonds is 5. The largest absolute Gasteiger partial charge is 0.462 e. The molecule has 0 saturated heterocycles. The molecule has 2 aromatic heterocycles. The molecule has 0 radical (unpaired) electrons. The number of nitrogens with one attached hydrogen (secondary N) is 1. The summed E-state index contributed by atoms with van der Waals surface area (Å²) in [5, 5.41) is 7.15. The van der Waals surface area contributed by atoms with E-state index in [4.69, 9.17) is 4.74 Å². The van der Waals surface area contributed by atoms with Gasteiger partial charge in [-0.1, -0.05) is 0 Å². The molecule has 1 aliphatic rings. The molecule has 3 heterocycles. The first-order chi connectivity index (χ1) is 13.9. The van der Waals surface area contributed by atoms with Crippen molar-refractivity contribution in [3.63, 3.8) is 0 Å². The van der Waals surface area contributed by atoms with Gasteiger partial charge in [0.15, 0.2) is 5.65 Å². The molecule has 1 N–H and O–H groups in total. The van der Waals surface area contributed by atoms with Crippen LogP contribution < -0.4 is 5.32 Å². The number of hydrogen-bond acceptors (Lipinski definition) is 6. The first-order valence-corrected chi connectivity index (χ1v) is 10.4. The Balaban J connectivity index is 1.32. The van der Waals surface area contributed by atoms with E-state index < -0.39 is 5.97 Å². The Bertz CT molecular complexity index is 1110.